The van der Waals surface area contributed by atoms with Crippen molar-refractivity contribution in [1.82, 2.24) is 4.57 Å². The van der Waals surface area contributed by atoms with Crippen LogP contribution in [0.2, 0.25) is 0 Å². The van der Waals surface area contributed by atoms with Crippen molar-refractivity contribution in [1.29, 1.82) is 0 Å². The predicted octanol–water partition coefficient (Wildman–Crippen LogP) is 9.84. The summed E-state index contributed by atoms with van der Waals surface area (Å²) < 4.78 is 7.73. The van der Waals surface area contributed by atoms with Gasteiger partial charge in [-0.1, -0.05) is 77.4 Å². The maximum Gasteiger partial charge on any atom is 0.118 e. The maximum atomic E-state index is 5.44. The van der Waals surface area contributed by atoms with Crippen molar-refractivity contribution in [3.8, 4) is 28.1 Å². The number of aliphatic imine (C=N–C) groups is 1. The minimum absolute atomic E-state index is 0.849. The fourth-order valence-electron chi connectivity index (χ4n) is 6.04. The number of benzene rings is 4. The van der Waals surface area contributed by atoms with Gasteiger partial charge in [-0.25, -0.2) is 4.99 Å². The van der Waals surface area contributed by atoms with Crippen molar-refractivity contribution in [2.45, 2.75) is 34.6 Å². The Bertz CT molecular complexity index is 1930. The van der Waals surface area contributed by atoms with Gasteiger partial charge in [0, 0.05) is 29.4 Å². The van der Waals surface area contributed by atoms with Crippen LogP contribution in [0.4, 0.5) is 0 Å². The Kier molecular flexibility index (Phi) is 7.50. The first kappa shape index (κ1) is 28.2. The molecule has 0 N–H and O–H groups in total. The monoisotopic (exact) mass is 562 g/mol. The first-order chi connectivity index (χ1) is 20.7. The normalized spacial score (nSPS) is 13.8. The van der Waals surface area contributed by atoms with Gasteiger partial charge in [-0.15, -0.1) is 0 Å². The number of rotatable bonds is 6. The molecule has 1 aliphatic heterocycles. The zero-order valence-electron chi connectivity index (χ0n) is 26.1. The smallest absolute Gasteiger partial charge is 0.118 e. The third-order valence-corrected chi connectivity index (χ3v) is 8.43. The van der Waals surface area contributed by atoms with Crippen LogP contribution in [0.25, 0.3) is 34.0 Å². The van der Waals surface area contributed by atoms with Gasteiger partial charge in [-0.2, -0.15) is 0 Å². The first-order valence-corrected chi connectivity index (χ1v) is 14.8. The molecular weight excluding hydrogens is 524 g/mol. The highest BCUT2D eigenvalue weighted by atomic mass is 16.5. The van der Waals surface area contributed by atoms with Gasteiger partial charge in [0.1, 0.15) is 5.75 Å². The summed E-state index contributed by atoms with van der Waals surface area (Å²) in [4.78, 5) is 5.28. The lowest BCUT2D eigenvalue weighted by Crippen LogP contribution is -1.97. The second-order valence-electron chi connectivity index (χ2n) is 11.7. The van der Waals surface area contributed by atoms with Crippen molar-refractivity contribution in [2.75, 3.05) is 7.11 Å². The standard InChI is InChI=1S/C40H38N2O/c1-25-8-12-30(13-9-25)37-22-35(33-18-10-26(2)20-28(33)4)38(41-37)24-40-36(34-19-11-27(3)21-29(34)5)23-39(42(40)6)31-14-16-32(43-7)17-15-31/h8-24H,1-7H3/b38-24-. The zero-order valence-corrected chi connectivity index (χ0v) is 26.1. The second kappa shape index (κ2) is 11.4. The van der Waals surface area contributed by atoms with Gasteiger partial charge >= 0.3 is 0 Å². The van der Waals surface area contributed by atoms with E-state index in [0.717, 1.165) is 45.2 Å². The third kappa shape index (κ3) is 5.51. The summed E-state index contributed by atoms with van der Waals surface area (Å²) in [5.41, 5.74) is 17.5. The molecule has 3 nitrogen and oxygen atoms in total. The summed E-state index contributed by atoms with van der Waals surface area (Å²) >= 11 is 0. The number of hydrogen-bond acceptors (Lipinski definition) is 2. The molecule has 5 aromatic rings. The van der Waals surface area contributed by atoms with E-state index in [1.165, 1.54) is 44.5 Å². The highest BCUT2D eigenvalue weighted by molar-refractivity contribution is 6.19. The van der Waals surface area contributed by atoms with Gasteiger partial charge in [-0.3, -0.25) is 0 Å². The number of allylic oxidation sites excluding steroid dienone is 2. The molecule has 0 radical (unpaired) electrons. The summed E-state index contributed by atoms with van der Waals surface area (Å²) in [5, 5.41) is 0. The average molecular weight is 563 g/mol. The molecule has 0 saturated heterocycles. The van der Waals surface area contributed by atoms with Gasteiger partial charge in [0.15, 0.2) is 0 Å². The van der Waals surface area contributed by atoms with Crippen LogP contribution >= 0.6 is 0 Å². The number of ether oxygens (including phenoxy) is 1. The molecule has 0 amide bonds. The molecular formula is C40H38N2O. The molecule has 0 aliphatic carbocycles. The minimum Gasteiger partial charge on any atom is -0.497 e. The fraction of sp³-hybridized carbons (Fsp3) is 0.175. The van der Waals surface area contributed by atoms with E-state index in [0.29, 0.717) is 0 Å². The Morgan fingerprint density at radius 2 is 1.21 bits per heavy atom. The minimum atomic E-state index is 0.849. The highest BCUT2D eigenvalue weighted by Crippen LogP contribution is 2.39. The van der Waals surface area contributed by atoms with Gasteiger partial charge in [0.05, 0.1) is 24.2 Å². The van der Waals surface area contributed by atoms with E-state index in [1.807, 2.05) is 12.1 Å². The van der Waals surface area contributed by atoms with E-state index in [2.05, 4.69) is 137 Å². The Morgan fingerprint density at radius 3 is 1.81 bits per heavy atom. The average Bonchev–Trinajstić information content (AvgIpc) is 3.55. The summed E-state index contributed by atoms with van der Waals surface area (Å²) in [5.74, 6) is 0.849. The van der Waals surface area contributed by atoms with Crippen LogP contribution in [0.5, 0.6) is 5.75 Å². The number of hydrogen-bond donors (Lipinski definition) is 0. The number of methoxy groups -OCH3 is 1. The Balaban J connectivity index is 1.58. The molecule has 0 unspecified atom stereocenters. The van der Waals surface area contributed by atoms with E-state index < -0.39 is 0 Å². The molecule has 0 spiro atoms. The Hall–Kier alpha value is -4.89. The lowest BCUT2D eigenvalue weighted by atomic mass is 9.94. The molecule has 0 bridgehead atoms. The molecule has 214 valence electrons. The molecule has 1 aliphatic rings. The van der Waals surface area contributed by atoms with Crippen LogP contribution in [-0.4, -0.2) is 17.4 Å². The summed E-state index contributed by atoms with van der Waals surface area (Å²) in [7, 11) is 3.85. The quantitative estimate of drug-likeness (QED) is 0.202. The number of aromatic nitrogens is 1. The Morgan fingerprint density at radius 1 is 0.628 bits per heavy atom. The maximum absolute atomic E-state index is 5.44. The molecule has 0 saturated carbocycles. The Labute approximate surface area is 255 Å². The topological polar surface area (TPSA) is 26.5 Å². The van der Waals surface area contributed by atoms with Crippen LogP contribution in [-0.2, 0) is 7.05 Å². The molecule has 4 aromatic carbocycles. The predicted molar refractivity (Wildman–Crippen MR) is 182 cm³/mol. The van der Waals surface area contributed by atoms with Gasteiger partial charge in [-0.05, 0) is 105 Å². The molecule has 2 heterocycles. The van der Waals surface area contributed by atoms with E-state index in [1.54, 1.807) is 7.11 Å². The highest BCUT2D eigenvalue weighted by Gasteiger charge is 2.22. The van der Waals surface area contributed by atoms with Gasteiger partial charge in [0.2, 0.25) is 0 Å². The van der Waals surface area contributed by atoms with Crippen LogP contribution < -0.4 is 4.74 Å². The van der Waals surface area contributed by atoms with Crippen molar-refractivity contribution in [3.05, 3.63) is 147 Å². The van der Waals surface area contributed by atoms with E-state index in [-0.39, 0.29) is 0 Å². The zero-order chi connectivity index (χ0) is 30.2. The SMILES string of the molecule is COc1ccc(-c2cc(-c3ccc(C)cc3C)c(/C=C3\N=C(c4ccc(C)cc4)C=C3c3ccc(C)cc3C)n2C)cc1. The molecule has 0 fully saturated rings. The van der Waals surface area contributed by atoms with Crippen molar-refractivity contribution in [3.63, 3.8) is 0 Å². The van der Waals surface area contributed by atoms with Crippen LogP contribution in [0.15, 0.2) is 108 Å². The largest absolute Gasteiger partial charge is 0.497 e. The summed E-state index contributed by atoms with van der Waals surface area (Å²) in [6.07, 6.45) is 4.52. The molecule has 43 heavy (non-hydrogen) atoms. The molecule has 0 atom stereocenters. The van der Waals surface area contributed by atoms with Gasteiger partial charge in [0.25, 0.3) is 0 Å². The lowest BCUT2D eigenvalue weighted by Gasteiger charge is -2.12. The van der Waals surface area contributed by atoms with E-state index in [4.69, 9.17) is 9.73 Å². The van der Waals surface area contributed by atoms with Gasteiger partial charge < -0.3 is 9.30 Å². The van der Waals surface area contributed by atoms with Crippen molar-refractivity contribution < 1.29 is 4.74 Å². The second-order valence-corrected chi connectivity index (χ2v) is 11.7. The number of nitrogens with zero attached hydrogens (tertiary/aromatic N) is 2. The number of aryl methyl sites for hydroxylation is 5. The molecule has 1 aromatic heterocycles. The molecule has 3 heteroatoms. The summed E-state index contributed by atoms with van der Waals surface area (Å²) in [6, 6.07) is 32.6. The lowest BCUT2D eigenvalue weighted by molar-refractivity contribution is 0.415. The van der Waals surface area contributed by atoms with Crippen LogP contribution in [0.3, 0.4) is 0 Å². The van der Waals surface area contributed by atoms with E-state index in [9.17, 15) is 0 Å². The van der Waals surface area contributed by atoms with Crippen molar-refractivity contribution in [2.24, 2.45) is 12.0 Å². The van der Waals surface area contributed by atoms with Crippen LogP contribution in [0, 0.1) is 34.6 Å². The molecule has 6 rings (SSSR count). The summed E-state index contributed by atoms with van der Waals surface area (Å²) in [6.45, 7) is 10.8. The van der Waals surface area contributed by atoms with E-state index >= 15 is 0 Å². The fourth-order valence-corrected chi connectivity index (χ4v) is 6.04. The first-order valence-electron chi connectivity index (χ1n) is 14.8. The van der Waals surface area contributed by atoms with Crippen LogP contribution in [0.1, 0.15) is 44.6 Å². The third-order valence-electron chi connectivity index (χ3n) is 8.43. The van der Waals surface area contributed by atoms with Crippen molar-refractivity contribution >= 4 is 17.4 Å².